The van der Waals surface area contributed by atoms with Gasteiger partial charge in [0, 0.05) is 38.7 Å². The van der Waals surface area contributed by atoms with E-state index in [1.807, 2.05) is 0 Å². The highest BCUT2D eigenvalue weighted by atomic mass is 15.0. The zero-order valence-corrected chi connectivity index (χ0v) is 34.8. The van der Waals surface area contributed by atoms with Crippen LogP contribution >= 0.6 is 0 Å². The second kappa shape index (κ2) is 15.1. The summed E-state index contributed by atoms with van der Waals surface area (Å²) in [6.45, 7) is 2.20. The van der Waals surface area contributed by atoms with Gasteiger partial charge in [-0.25, -0.2) is 9.97 Å². The molecule has 0 aliphatic heterocycles. The highest BCUT2D eigenvalue weighted by molar-refractivity contribution is 6.29. The highest BCUT2D eigenvalue weighted by Crippen LogP contribution is 2.44. The molecule has 0 saturated heterocycles. The maximum Gasteiger partial charge on any atom is 0.160 e. The summed E-state index contributed by atoms with van der Waals surface area (Å²) in [6, 6.07) is 78.8. The second-order valence-electron chi connectivity index (χ2n) is 16.3. The molecule has 0 aliphatic carbocycles. The predicted molar refractivity (Wildman–Crippen MR) is 265 cm³/mol. The van der Waals surface area contributed by atoms with Crippen LogP contribution in [0, 0.1) is 0 Å². The van der Waals surface area contributed by atoms with E-state index in [4.69, 9.17) is 9.97 Å². The van der Waals surface area contributed by atoms with Crippen molar-refractivity contribution >= 4 is 54.1 Å². The van der Waals surface area contributed by atoms with Crippen molar-refractivity contribution in [2.45, 2.75) is 13.3 Å². The van der Waals surface area contributed by atoms with E-state index >= 15 is 0 Å². The smallest absolute Gasteiger partial charge is 0.160 e. The molecule has 2 heterocycles. The lowest BCUT2D eigenvalue weighted by Crippen LogP contribution is -2.02. The van der Waals surface area contributed by atoms with Crippen LogP contribution in [0.15, 0.2) is 218 Å². The van der Waals surface area contributed by atoms with Crippen molar-refractivity contribution in [3.8, 4) is 61.8 Å². The van der Waals surface area contributed by atoms with Crippen molar-refractivity contribution in [3.63, 3.8) is 0 Å². The number of aromatic nitrogens is 3. The highest BCUT2D eigenvalue weighted by Gasteiger charge is 2.20. The van der Waals surface area contributed by atoms with Crippen molar-refractivity contribution in [2.24, 2.45) is 0 Å². The van der Waals surface area contributed by atoms with Crippen molar-refractivity contribution in [2.75, 3.05) is 0 Å². The van der Waals surface area contributed by atoms with Gasteiger partial charge >= 0.3 is 0 Å². The Morgan fingerprint density at radius 2 is 0.841 bits per heavy atom. The first-order valence-electron chi connectivity index (χ1n) is 21.8. The van der Waals surface area contributed by atoms with E-state index in [0.29, 0.717) is 0 Å². The summed E-state index contributed by atoms with van der Waals surface area (Å²) >= 11 is 0. The standard InChI is InChI=1S/C60H41N3/c1-2-46-58(41-19-8-4-9-20-41)61-60(62-59(46)42-21-10-5-11-22-42)44-31-35-52-53(38-44)49-24-13-12-23-48(49)51-27-16-26-47(57(51)52)43-32-36-56-54(37-43)50-25-14-15-28-55(50)63(56)45-33-29-40(30-34-45)39-17-6-3-7-18-39/h3-38H,2H2,1H3. The molecule has 296 valence electrons. The molecule has 0 fully saturated rings. The number of nitrogens with zero attached hydrogens (tertiary/aromatic N) is 3. The summed E-state index contributed by atoms with van der Waals surface area (Å²) in [6.07, 6.45) is 0.819. The van der Waals surface area contributed by atoms with Crippen LogP contribution in [0.1, 0.15) is 12.5 Å². The molecule has 0 atom stereocenters. The zero-order chi connectivity index (χ0) is 41.9. The van der Waals surface area contributed by atoms with Crippen LogP contribution in [0.2, 0.25) is 0 Å². The van der Waals surface area contributed by atoms with Gasteiger partial charge in [0.05, 0.1) is 22.4 Å². The maximum atomic E-state index is 5.37. The Bertz CT molecular complexity index is 3620. The molecular formula is C60H41N3. The van der Waals surface area contributed by atoms with Gasteiger partial charge in [-0.05, 0) is 97.4 Å². The third kappa shape index (κ3) is 6.12. The molecule has 0 unspecified atom stereocenters. The molecule has 12 aromatic rings. The Kier molecular flexibility index (Phi) is 8.79. The van der Waals surface area contributed by atoms with E-state index in [1.165, 1.54) is 76.4 Å². The van der Waals surface area contributed by atoms with Crippen LogP contribution in [0.4, 0.5) is 0 Å². The summed E-state index contributed by atoms with van der Waals surface area (Å²) in [4.78, 5) is 10.7. The average molecular weight is 804 g/mol. The normalized spacial score (nSPS) is 11.6. The first kappa shape index (κ1) is 36.7. The lowest BCUT2D eigenvalue weighted by Gasteiger charge is -2.17. The molecule has 12 rings (SSSR count). The van der Waals surface area contributed by atoms with Gasteiger partial charge < -0.3 is 4.57 Å². The topological polar surface area (TPSA) is 30.7 Å². The summed E-state index contributed by atoms with van der Waals surface area (Å²) in [5.41, 5.74) is 14.7. The van der Waals surface area contributed by atoms with Gasteiger partial charge in [-0.15, -0.1) is 0 Å². The molecule has 3 nitrogen and oxygen atoms in total. The molecule has 63 heavy (non-hydrogen) atoms. The van der Waals surface area contributed by atoms with E-state index in [9.17, 15) is 0 Å². The number of benzene rings is 10. The molecule has 0 radical (unpaired) electrons. The molecule has 0 bridgehead atoms. The Hall–Kier alpha value is -8.14. The molecule has 0 amide bonds. The molecule has 0 spiro atoms. The number of fused-ring (bicyclic) bond motifs is 9. The molecule has 2 aromatic heterocycles. The van der Waals surface area contributed by atoms with Crippen molar-refractivity contribution < 1.29 is 0 Å². The van der Waals surface area contributed by atoms with Crippen LogP contribution in [-0.2, 0) is 6.42 Å². The monoisotopic (exact) mass is 803 g/mol. The minimum absolute atomic E-state index is 0.723. The number of rotatable bonds is 7. The van der Waals surface area contributed by atoms with Crippen molar-refractivity contribution in [1.29, 1.82) is 0 Å². The fourth-order valence-corrected chi connectivity index (χ4v) is 9.85. The Labute approximate surface area is 366 Å². The third-order valence-corrected chi connectivity index (χ3v) is 12.8. The number of hydrogen-bond donors (Lipinski definition) is 0. The van der Waals surface area contributed by atoms with Gasteiger partial charge in [0.2, 0.25) is 0 Å². The van der Waals surface area contributed by atoms with E-state index in [0.717, 1.165) is 51.6 Å². The summed E-state index contributed by atoms with van der Waals surface area (Å²) in [5, 5.41) is 9.79. The summed E-state index contributed by atoms with van der Waals surface area (Å²) in [5.74, 6) is 0.723. The molecule has 0 saturated carbocycles. The fourth-order valence-electron chi connectivity index (χ4n) is 9.85. The Morgan fingerprint density at radius 3 is 1.51 bits per heavy atom. The average Bonchev–Trinajstić information content (AvgIpc) is 3.70. The first-order valence-corrected chi connectivity index (χ1v) is 21.8. The van der Waals surface area contributed by atoms with Gasteiger partial charge in [0.15, 0.2) is 5.82 Å². The molecule has 10 aromatic carbocycles. The quantitative estimate of drug-likeness (QED) is 0.150. The molecule has 0 aliphatic rings. The zero-order valence-electron chi connectivity index (χ0n) is 34.8. The van der Waals surface area contributed by atoms with Crippen molar-refractivity contribution in [1.82, 2.24) is 14.5 Å². The minimum Gasteiger partial charge on any atom is -0.309 e. The van der Waals surface area contributed by atoms with Gasteiger partial charge in [-0.3, -0.25) is 0 Å². The second-order valence-corrected chi connectivity index (χ2v) is 16.3. The molecular weight excluding hydrogens is 763 g/mol. The minimum atomic E-state index is 0.723. The Balaban J connectivity index is 1.05. The van der Waals surface area contributed by atoms with Crippen LogP contribution in [0.5, 0.6) is 0 Å². The van der Waals surface area contributed by atoms with E-state index in [1.54, 1.807) is 0 Å². The SMILES string of the molecule is CCc1c(-c2ccccc2)nc(-c2ccc3c(c2)c2ccccc2c2cccc(-c4ccc5c(c4)c4ccccc4n5-c4ccc(-c5ccccc5)cc4)c23)nc1-c1ccccc1. The third-order valence-electron chi connectivity index (χ3n) is 12.8. The van der Waals surface area contributed by atoms with Crippen LogP contribution < -0.4 is 0 Å². The lowest BCUT2D eigenvalue weighted by atomic mass is 9.88. The Morgan fingerprint density at radius 1 is 0.349 bits per heavy atom. The fraction of sp³-hybridized carbons (Fsp3) is 0.0333. The van der Waals surface area contributed by atoms with E-state index in [-0.39, 0.29) is 0 Å². The van der Waals surface area contributed by atoms with Gasteiger partial charge in [0.1, 0.15) is 0 Å². The van der Waals surface area contributed by atoms with E-state index < -0.39 is 0 Å². The number of para-hydroxylation sites is 1. The van der Waals surface area contributed by atoms with Crippen LogP contribution in [-0.4, -0.2) is 14.5 Å². The first-order chi connectivity index (χ1) is 31.2. The lowest BCUT2D eigenvalue weighted by molar-refractivity contribution is 1.06. The maximum absolute atomic E-state index is 5.37. The summed E-state index contributed by atoms with van der Waals surface area (Å²) < 4.78 is 2.40. The van der Waals surface area contributed by atoms with Gasteiger partial charge in [-0.2, -0.15) is 0 Å². The predicted octanol–water partition coefficient (Wildman–Crippen LogP) is 15.9. The van der Waals surface area contributed by atoms with Gasteiger partial charge in [0.25, 0.3) is 0 Å². The van der Waals surface area contributed by atoms with Crippen LogP contribution in [0.25, 0.3) is 116 Å². The largest absolute Gasteiger partial charge is 0.309 e. The van der Waals surface area contributed by atoms with Gasteiger partial charge in [-0.1, -0.05) is 189 Å². The van der Waals surface area contributed by atoms with E-state index in [2.05, 4.69) is 230 Å². The number of hydrogen-bond acceptors (Lipinski definition) is 2. The van der Waals surface area contributed by atoms with Crippen molar-refractivity contribution in [3.05, 3.63) is 224 Å². The summed E-state index contributed by atoms with van der Waals surface area (Å²) in [7, 11) is 0. The molecule has 3 heteroatoms. The van der Waals surface area contributed by atoms with Crippen LogP contribution in [0.3, 0.4) is 0 Å². The molecule has 0 N–H and O–H groups in total.